The number of nitrogens with zero attached hydrogens (tertiary/aromatic N) is 1. The van der Waals surface area contributed by atoms with Gasteiger partial charge in [0, 0.05) is 32.2 Å². The molecule has 0 saturated carbocycles. The van der Waals surface area contributed by atoms with Gasteiger partial charge in [0.1, 0.15) is 5.75 Å². The van der Waals surface area contributed by atoms with Gasteiger partial charge in [-0.15, -0.1) is 0 Å². The molecule has 138 valence electrons. The number of carbonyl (C=O) groups is 1. The molecule has 1 unspecified atom stereocenters. The Morgan fingerprint density at radius 2 is 1.88 bits per heavy atom. The quantitative estimate of drug-likeness (QED) is 0.830. The van der Waals surface area contributed by atoms with Crippen LogP contribution in [0.25, 0.3) is 0 Å². The summed E-state index contributed by atoms with van der Waals surface area (Å²) in [4.78, 5) is 14.2. The van der Waals surface area contributed by atoms with Gasteiger partial charge in [-0.05, 0) is 41.3 Å². The van der Waals surface area contributed by atoms with E-state index in [2.05, 4.69) is 0 Å². The van der Waals surface area contributed by atoms with Crippen molar-refractivity contribution in [3.8, 4) is 5.75 Å². The van der Waals surface area contributed by atoms with Crippen LogP contribution < -0.4 is 4.74 Å². The number of benzene rings is 2. The van der Waals surface area contributed by atoms with Gasteiger partial charge in [-0.2, -0.15) is 0 Å². The molecule has 2 aromatic rings. The van der Waals surface area contributed by atoms with Gasteiger partial charge in [0.15, 0.2) is 9.84 Å². The maximum Gasteiger partial charge on any atom is 0.219 e. The molecular weight excluding hydrogens is 350 g/mol. The maximum absolute atomic E-state index is 12.3. The molecule has 5 nitrogen and oxygen atoms in total. The summed E-state index contributed by atoms with van der Waals surface area (Å²) in [5, 5.41) is 0. The molecular formula is C20H23NO4S. The van der Waals surface area contributed by atoms with E-state index in [1.54, 1.807) is 31.1 Å². The Labute approximate surface area is 154 Å². The Morgan fingerprint density at radius 3 is 2.54 bits per heavy atom. The lowest BCUT2D eigenvalue weighted by Crippen LogP contribution is -2.33. The summed E-state index contributed by atoms with van der Waals surface area (Å²) < 4.78 is 30.0. The van der Waals surface area contributed by atoms with Crippen molar-refractivity contribution >= 4 is 15.7 Å². The van der Waals surface area contributed by atoms with E-state index in [-0.39, 0.29) is 11.8 Å². The van der Waals surface area contributed by atoms with Crippen molar-refractivity contribution in [2.75, 3.05) is 26.5 Å². The topological polar surface area (TPSA) is 63.7 Å². The third kappa shape index (κ3) is 3.60. The number of ether oxygens (including phenoxy) is 1. The lowest BCUT2D eigenvalue weighted by atomic mass is 9.87. The maximum atomic E-state index is 12.3. The van der Waals surface area contributed by atoms with Crippen molar-refractivity contribution in [3.05, 3.63) is 59.2 Å². The van der Waals surface area contributed by atoms with Crippen molar-refractivity contribution < 1.29 is 17.9 Å². The number of carbonyl (C=O) groups excluding carboxylic acids is 1. The number of methoxy groups -OCH3 is 1. The number of hydrogen-bond donors (Lipinski definition) is 0. The summed E-state index contributed by atoms with van der Waals surface area (Å²) in [7, 11) is -1.77. The highest BCUT2D eigenvalue weighted by Crippen LogP contribution is 2.36. The van der Waals surface area contributed by atoms with Crippen LogP contribution in [0.3, 0.4) is 0 Å². The lowest BCUT2D eigenvalue weighted by Gasteiger charge is -2.26. The van der Waals surface area contributed by atoms with Crippen LogP contribution in [0.15, 0.2) is 47.4 Å². The molecule has 6 heteroatoms. The highest BCUT2D eigenvalue weighted by molar-refractivity contribution is 7.90. The molecule has 0 bridgehead atoms. The van der Waals surface area contributed by atoms with Crippen LogP contribution in [0.5, 0.6) is 5.75 Å². The predicted octanol–water partition coefficient (Wildman–Crippen LogP) is 2.64. The third-order valence-corrected chi connectivity index (χ3v) is 6.09. The molecule has 3 rings (SSSR count). The Bertz CT molecular complexity index is 937. The number of sulfone groups is 1. The molecule has 2 aromatic carbocycles. The van der Waals surface area contributed by atoms with Crippen LogP contribution >= 0.6 is 0 Å². The largest absolute Gasteiger partial charge is 0.497 e. The molecule has 0 aliphatic carbocycles. The fourth-order valence-electron chi connectivity index (χ4n) is 3.58. The first-order valence-electron chi connectivity index (χ1n) is 8.52. The monoisotopic (exact) mass is 373 g/mol. The number of hydrogen-bond acceptors (Lipinski definition) is 4. The first-order valence-corrected chi connectivity index (χ1v) is 10.4. The summed E-state index contributed by atoms with van der Waals surface area (Å²) >= 11 is 0. The zero-order chi connectivity index (χ0) is 18.9. The van der Waals surface area contributed by atoms with Crippen molar-refractivity contribution in [1.82, 2.24) is 4.90 Å². The van der Waals surface area contributed by atoms with Crippen LogP contribution in [-0.2, 0) is 21.1 Å². The molecule has 0 fully saturated rings. The second-order valence-corrected chi connectivity index (χ2v) is 8.63. The first kappa shape index (κ1) is 18.5. The van der Waals surface area contributed by atoms with Crippen LogP contribution in [0.4, 0.5) is 0 Å². The fourth-order valence-corrected chi connectivity index (χ4v) is 4.54. The molecule has 0 aromatic heterocycles. The molecule has 0 radical (unpaired) electrons. The van der Waals surface area contributed by atoms with Crippen LogP contribution in [0, 0.1) is 0 Å². The van der Waals surface area contributed by atoms with Gasteiger partial charge >= 0.3 is 0 Å². The minimum atomic E-state index is -3.39. The smallest absolute Gasteiger partial charge is 0.219 e. The Balaban J connectivity index is 2.22. The number of rotatable bonds is 3. The molecule has 1 aliphatic rings. The summed E-state index contributed by atoms with van der Waals surface area (Å²) in [5.41, 5.74) is 2.85. The van der Waals surface area contributed by atoms with Gasteiger partial charge in [0.25, 0.3) is 0 Å². The summed E-state index contributed by atoms with van der Waals surface area (Å²) in [5.74, 6) is 0.492. The second-order valence-electron chi connectivity index (χ2n) is 6.64. The minimum absolute atomic E-state index is 0.00777. The fraction of sp³-hybridized carbons (Fsp3) is 0.350. The summed E-state index contributed by atoms with van der Waals surface area (Å²) in [6.07, 6.45) is 1.95. The van der Waals surface area contributed by atoms with E-state index in [1.807, 2.05) is 30.3 Å². The molecule has 1 amide bonds. The van der Waals surface area contributed by atoms with Gasteiger partial charge in [-0.25, -0.2) is 8.42 Å². The number of fused-ring (bicyclic) bond motifs is 1. The Morgan fingerprint density at radius 1 is 1.15 bits per heavy atom. The van der Waals surface area contributed by atoms with Crippen molar-refractivity contribution in [3.63, 3.8) is 0 Å². The van der Waals surface area contributed by atoms with Gasteiger partial charge in [0.2, 0.25) is 5.91 Å². The summed E-state index contributed by atoms with van der Waals surface area (Å²) in [6.45, 7) is 2.62. The lowest BCUT2D eigenvalue weighted by molar-refractivity contribution is -0.128. The van der Waals surface area contributed by atoms with E-state index in [0.717, 1.165) is 28.9 Å². The highest BCUT2D eigenvalue weighted by atomic mass is 32.2. The molecule has 1 atom stereocenters. The SMILES string of the molecule is COc1ccc2c(c1)C(c1ccccc1S(C)(=O)=O)CN(C(C)=O)CC2. The van der Waals surface area contributed by atoms with Gasteiger partial charge in [0.05, 0.1) is 12.0 Å². The van der Waals surface area contributed by atoms with E-state index in [4.69, 9.17) is 4.74 Å². The van der Waals surface area contributed by atoms with Crippen molar-refractivity contribution in [1.29, 1.82) is 0 Å². The minimum Gasteiger partial charge on any atom is -0.497 e. The van der Waals surface area contributed by atoms with Crippen LogP contribution in [0.1, 0.15) is 29.5 Å². The molecule has 26 heavy (non-hydrogen) atoms. The van der Waals surface area contributed by atoms with E-state index >= 15 is 0 Å². The molecule has 1 aliphatic heterocycles. The van der Waals surface area contributed by atoms with E-state index in [0.29, 0.717) is 18.0 Å². The standard InChI is InChI=1S/C20H23NO4S/c1-14(22)21-11-10-15-8-9-16(25-2)12-18(15)19(13-21)17-6-4-5-7-20(17)26(3,23)24/h4-9,12,19H,10-11,13H2,1-3H3. The number of amides is 1. The predicted molar refractivity (Wildman–Crippen MR) is 100 cm³/mol. The van der Waals surface area contributed by atoms with E-state index < -0.39 is 9.84 Å². The summed E-state index contributed by atoms with van der Waals surface area (Å²) in [6, 6.07) is 12.9. The van der Waals surface area contributed by atoms with Gasteiger partial charge < -0.3 is 9.64 Å². The average molecular weight is 373 g/mol. The van der Waals surface area contributed by atoms with Crippen LogP contribution in [0.2, 0.25) is 0 Å². The van der Waals surface area contributed by atoms with Crippen molar-refractivity contribution in [2.24, 2.45) is 0 Å². The Hall–Kier alpha value is -2.34. The third-order valence-electron chi connectivity index (χ3n) is 4.92. The van der Waals surface area contributed by atoms with Crippen LogP contribution in [-0.4, -0.2) is 45.7 Å². The van der Waals surface area contributed by atoms with Gasteiger partial charge in [-0.3, -0.25) is 4.79 Å². The molecule has 0 saturated heterocycles. The average Bonchev–Trinajstić information content (AvgIpc) is 2.80. The van der Waals surface area contributed by atoms with E-state index in [1.165, 1.54) is 6.26 Å². The second kappa shape index (κ2) is 7.11. The van der Waals surface area contributed by atoms with E-state index in [9.17, 15) is 13.2 Å². The normalized spacial score (nSPS) is 17.3. The molecule has 0 spiro atoms. The van der Waals surface area contributed by atoms with Gasteiger partial charge in [-0.1, -0.05) is 24.3 Å². The first-order chi connectivity index (χ1) is 12.3. The Kier molecular flexibility index (Phi) is 5.05. The highest BCUT2D eigenvalue weighted by Gasteiger charge is 2.29. The molecule has 0 N–H and O–H groups in total. The zero-order valence-corrected chi connectivity index (χ0v) is 16.0. The zero-order valence-electron chi connectivity index (χ0n) is 15.2. The van der Waals surface area contributed by atoms with Crippen molar-refractivity contribution in [2.45, 2.75) is 24.2 Å². The molecule has 1 heterocycles.